The number of nitrogens with zero attached hydrogens (tertiary/aromatic N) is 5. The molecule has 2 aliphatic heterocycles. The fourth-order valence-corrected chi connectivity index (χ4v) is 5.75. The summed E-state index contributed by atoms with van der Waals surface area (Å²) in [6.07, 6.45) is -2.18. The van der Waals surface area contributed by atoms with E-state index in [9.17, 15) is 22.8 Å². The molecule has 0 aliphatic carbocycles. The average Bonchev–Trinajstić information content (AvgIpc) is 3.62. The van der Waals surface area contributed by atoms with E-state index < -0.39 is 24.5 Å². The number of alkyl halides is 3. The Kier molecular flexibility index (Phi) is 9.94. The van der Waals surface area contributed by atoms with Gasteiger partial charge < -0.3 is 10.1 Å². The highest BCUT2D eigenvalue weighted by Gasteiger charge is 2.33. The number of amidine groups is 1. The van der Waals surface area contributed by atoms with Crippen LogP contribution in [0.5, 0.6) is 5.75 Å². The monoisotopic (exact) mass is 657 g/mol. The molecule has 0 spiro atoms. The number of hydrogen-bond acceptors (Lipinski definition) is 8. The molecule has 10 nitrogen and oxygen atoms in total. The van der Waals surface area contributed by atoms with E-state index >= 15 is 4.39 Å². The number of rotatable bonds is 9. The number of thioether (sulfide) groups is 1. The van der Waals surface area contributed by atoms with E-state index in [-0.39, 0.29) is 34.8 Å². The summed E-state index contributed by atoms with van der Waals surface area (Å²) < 4.78 is 56.3. The van der Waals surface area contributed by atoms with Gasteiger partial charge in [0.25, 0.3) is 0 Å². The van der Waals surface area contributed by atoms with Gasteiger partial charge >= 0.3 is 12.4 Å². The molecule has 242 valence electrons. The van der Waals surface area contributed by atoms with Crippen molar-refractivity contribution in [2.45, 2.75) is 45.9 Å². The molecule has 0 radical (unpaired) electrons. The molecule has 3 aromatic rings. The zero-order valence-electron chi connectivity index (χ0n) is 25.1. The van der Waals surface area contributed by atoms with Gasteiger partial charge in [-0.05, 0) is 79.5 Å². The first kappa shape index (κ1) is 32.9. The molecule has 2 N–H and O–H groups in total. The number of carbonyl (C=O) groups excluding carboxylic acids is 2. The van der Waals surface area contributed by atoms with Crippen molar-refractivity contribution in [3.63, 3.8) is 0 Å². The van der Waals surface area contributed by atoms with Crippen LogP contribution in [0.3, 0.4) is 0 Å². The highest BCUT2D eigenvalue weighted by atomic mass is 32.2. The van der Waals surface area contributed by atoms with Crippen LogP contribution in [0.15, 0.2) is 70.6 Å². The maximum Gasteiger partial charge on any atom is 0.573 e. The minimum atomic E-state index is -4.78. The fraction of sp³-hybridized carbons (Fsp3) is 0.290. The topological polar surface area (TPSA) is 102 Å². The number of amides is 3. The molecule has 3 amide bonds. The van der Waals surface area contributed by atoms with Gasteiger partial charge in [0.1, 0.15) is 17.9 Å². The summed E-state index contributed by atoms with van der Waals surface area (Å²) in [5, 5.41) is 4.24. The number of nitrogens with one attached hydrogen (secondary N) is 2. The summed E-state index contributed by atoms with van der Waals surface area (Å²) in [6.45, 7) is 4.25. The minimum Gasteiger partial charge on any atom is -0.406 e. The van der Waals surface area contributed by atoms with Crippen LogP contribution in [0, 0.1) is 12.7 Å². The molecular formula is C31H31F4N7O3S. The molecule has 0 saturated carbocycles. The Morgan fingerprint density at radius 3 is 2.63 bits per heavy atom. The Morgan fingerprint density at radius 1 is 1.17 bits per heavy atom. The molecule has 1 atom stereocenters. The number of ether oxygens (including phenoxy) is 1. The van der Waals surface area contributed by atoms with E-state index in [1.807, 2.05) is 32.0 Å². The zero-order chi connectivity index (χ0) is 33.0. The number of anilines is 3. The number of halogens is 4. The molecule has 1 saturated heterocycles. The van der Waals surface area contributed by atoms with E-state index in [1.165, 1.54) is 47.6 Å². The lowest BCUT2D eigenvalue weighted by Gasteiger charge is -2.25. The van der Waals surface area contributed by atoms with Crippen molar-refractivity contribution < 1.29 is 31.9 Å². The summed E-state index contributed by atoms with van der Waals surface area (Å²) in [4.78, 5) is 37.3. The summed E-state index contributed by atoms with van der Waals surface area (Å²) in [7, 11) is 1.76. The van der Waals surface area contributed by atoms with E-state index in [0.717, 1.165) is 35.7 Å². The maximum atomic E-state index is 15.1. The van der Waals surface area contributed by atoms with Gasteiger partial charge in [0.2, 0.25) is 5.91 Å². The zero-order valence-corrected chi connectivity index (χ0v) is 26.0. The fourth-order valence-electron chi connectivity index (χ4n) is 4.89. The first-order chi connectivity index (χ1) is 21.9. The van der Waals surface area contributed by atoms with Gasteiger partial charge in [0, 0.05) is 6.54 Å². The van der Waals surface area contributed by atoms with E-state index in [0.29, 0.717) is 16.9 Å². The van der Waals surface area contributed by atoms with Crippen LogP contribution in [-0.2, 0) is 17.8 Å². The van der Waals surface area contributed by atoms with Crippen molar-refractivity contribution in [1.82, 2.24) is 10.3 Å². The molecule has 1 fully saturated rings. The van der Waals surface area contributed by atoms with Crippen molar-refractivity contribution in [3.05, 3.63) is 83.2 Å². The van der Waals surface area contributed by atoms with Gasteiger partial charge in [0.15, 0.2) is 11.5 Å². The van der Waals surface area contributed by atoms with E-state index in [1.54, 1.807) is 23.0 Å². The van der Waals surface area contributed by atoms with Crippen molar-refractivity contribution in [1.29, 1.82) is 0 Å². The predicted octanol–water partition coefficient (Wildman–Crippen LogP) is 6.42. The van der Waals surface area contributed by atoms with Gasteiger partial charge in [0.05, 0.1) is 22.8 Å². The van der Waals surface area contributed by atoms with E-state index in [2.05, 4.69) is 25.5 Å². The molecular weight excluding hydrogens is 626 g/mol. The van der Waals surface area contributed by atoms with Crippen LogP contribution in [0.4, 0.5) is 39.4 Å². The molecule has 3 aromatic carbocycles. The third-order valence-corrected chi connectivity index (χ3v) is 7.94. The summed E-state index contributed by atoms with van der Waals surface area (Å²) in [6, 6.07) is 14.7. The van der Waals surface area contributed by atoms with Gasteiger partial charge in [-0.2, -0.15) is 10.4 Å². The van der Waals surface area contributed by atoms with Crippen LogP contribution >= 0.6 is 11.8 Å². The Morgan fingerprint density at radius 2 is 1.93 bits per heavy atom. The molecule has 46 heavy (non-hydrogen) atoms. The Labute approximate surface area is 267 Å². The Hall–Kier alpha value is -4.47. The molecule has 2 heterocycles. The number of hydrazine groups is 1. The lowest BCUT2D eigenvalue weighted by molar-refractivity contribution is -0.274. The molecule has 1 unspecified atom stereocenters. The van der Waals surface area contributed by atoms with Crippen molar-refractivity contribution in [2.24, 2.45) is 9.98 Å². The minimum absolute atomic E-state index is 0.0648. The summed E-state index contributed by atoms with van der Waals surface area (Å²) in [5.74, 6) is -1.05. The SMILES string of the molecule is CCCc1ccc(C)cc1N1C(=O)CSC1=NC(=O)Nc1ccc(CN(C)C2N=CN(c3ccc(OC(F)(F)F)cc3)N2)cc1F. The second-order valence-corrected chi connectivity index (χ2v) is 11.6. The smallest absolute Gasteiger partial charge is 0.406 e. The number of hydrogen-bond donors (Lipinski definition) is 2. The molecule has 0 bridgehead atoms. The van der Waals surface area contributed by atoms with Crippen LogP contribution in [0.25, 0.3) is 0 Å². The van der Waals surface area contributed by atoms with Crippen molar-refractivity contribution in [2.75, 3.05) is 28.0 Å². The summed E-state index contributed by atoms with van der Waals surface area (Å²) in [5.41, 5.74) is 6.80. The van der Waals surface area contributed by atoms with E-state index in [4.69, 9.17) is 0 Å². The number of aryl methyl sites for hydroxylation is 2. The molecule has 2 aliphatic rings. The number of urea groups is 1. The third kappa shape index (κ3) is 8.02. The standard InChI is InChI=1S/C31H31F4N7O3S/c1-4-5-21-8-6-19(2)14-26(21)42-27(43)17-46-30(42)38-29(44)37-25-13-7-20(15-24(25)32)16-40(3)28-36-18-41(39-28)22-9-11-23(12-10-22)45-31(33,34)35/h6-15,18,28,39H,4-5,16-17H2,1-3H3,(H,37,44). The number of aliphatic imine (C=N–C) groups is 2. The number of carbonyl (C=O) groups is 2. The second kappa shape index (κ2) is 13.9. The van der Waals surface area contributed by atoms with Gasteiger partial charge in [-0.1, -0.05) is 43.3 Å². The maximum absolute atomic E-state index is 15.1. The van der Waals surface area contributed by atoms with Crippen LogP contribution in [0.1, 0.15) is 30.0 Å². The molecule has 0 aromatic heterocycles. The Bertz CT molecular complexity index is 1670. The lowest BCUT2D eigenvalue weighted by Crippen LogP contribution is -2.45. The second-order valence-electron chi connectivity index (χ2n) is 10.6. The first-order valence-corrected chi connectivity index (χ1v) is 15.3. The lowest BCUT2D eigenvalue weighted by atomic mass is 10.0. The van der Waals surface area contributed by atoms with Crippen molar-refractivity contribution >= 4 is 52.3 Å². The normalized spacial score (nSPS) is 17.4. The van der Waals surface area contributed by atoms with Crippen molar-refractivity contribution in [3.8, 4) is 5.75 Å². The van der Waals surface area contributed by atoms with Crippen LogP contribution in [-0.4, -0.2) is 53.8 Å². The molecule has 5 rings (SSSR count). The van der Waals surface area contributed by atoms with Crippen LogP contribution < -0.4 is 25.4 Å². The summed E-state index contributed by atoms with van der Waals surface area (Å²) >= 11 is 1.15. The highest BCUT2D eigenvalue weighted by Crippen LogP contribution is 2.32. The largest absolute Gasteiger partial charge is 0.573 e. The Balaban J connectivity index is 1.19. The van der Waals surface area contributed by atoms with Gasteiger partial charge in [-0.15, -0.1) is 13.2 Å². The molecule has 15 heteroatoms. The third-order valence-electron chi connectivity index (χ3n) is 7.01. The predicted molar refractivity (Wildman–Crippen MR) is 170 cm³/mol. The van der Waals surface area contributed by atoms with Gasteiger partial charge in [-0.3, -0.25) is 19.6 Å². The highest BCUT2D eigenvalue weighted by molar-refractivity contribution is 8.15. The van der Waals surface area contributed by atoms with Gasteiger partial charge in [-0.25, -0.2) is 14.2 Å². The average molecular weight is 658 g/mol. The van der Waals surface area contributed by atoms with Crippen LogP contribution in [0.2, 0.25) is 0 Å². The quantitative estimate of drug-likeness (QED) is 0.256. The first-order valence-electron chi connectivity index (χ1n) is 14.3. The number of benzene rings is 3.